The molecule has 9 nitrogen and oxygen atoms in total. The normalized spacial score (nSPS) is 10.9. The highest BCUT2D eigenvalue weighted by Crippen LogP contribution is 2.61. The van der Waals surface area contributed by atoms with Crippen molar-refractivity contribution in [2.75, 3.05) is 64.0 Å². The minimum absolute atomic E-state index is 0.371. The van der Waals surface area contributed by atoms with Crippen LogP contribution in [-0.4, -0.2) is 64.0 Å². The fraction of sp³-hybridized carbons (Fsp3) is 0.357. The van der Waals surface area contributed by atoms with Gasteiger partial charge in [0.25, 0.3) is 0 Å². The summed E-state index contributed by atoms with van der Waals surface area (Å²) in [5.41, 5.74) is 1.27. The van der Waals surface area contributed by atoms with Gasteiger partial charge >= 0.3 is 0 Å². The second kappa shape index (κ2) is 12.1. The van der Waals surface area contributed by atoms with Crippen LogP contribution in [0.5, 0.6) is 51.7 Å². The fourth-order valence-electron chi connectivity index (χ4n) is 4.41. The molecule has 0 aliphatic carbocycles. The Labute approximate surface area is 228 Å². The molecule has 0 spiro atoms. The smallest absolute Gasteiger partial charge is 0.141 e. The first kappa shape index (κ1) is 28.7. The molecule has 0 atom stereocenters. The molecule has 0 unspecified atom stereocenters. The van der Waals surface area contributed by atoms with Crippen LogP contribution < -0.4 is 42.6 Å². The molecule has 0 aliphatic rings. The molecule has 0 aliphatic heterocycles. The number of halogens is 1. The third-order valence-corrected chi connectivity index (χ3v) is 6.75. The second-order valence-corrected chi connectivity index (χ2v) is 8.45. The summed E-state index contributed by atoms with van der Waals surface area (Å²) in [7, 11) is 13.8. The molecule has 0 heterocycles. The Hall–Kier alpha value is -3.85. The van der Waals surface area contributed by atoms with Gasteiger partial charge in [-0.3, -0.25) is 0 Å². The first-order valence-electron chi connectivity index (χ1n) is 11.4. The standard InChI is InChI=1S/C28H33ClO9/c1-30-16-10-19(33-4)25(20(11-16)34-5)28(29,26-21(35-6)12-17(31-2)13-22(26)36-7)27-23(37-8)14-18(32-3)15-24(27)38-9/h10-15H,1-9H3. The van der Waals surface area contributed by atoms with Gasteiger partial charge in [0, 0.05) is 36.4 Å². The van der Waals surface area contributed by atoms with Crippen LogP contribution in [0.2, 0.25) is 0 Å². The van der Waals surface area contributed by atoms with Gasteiger partial charge in [0.1, 0.15) is 56.6 Å². The first-order valence-corrected chi connectivity index (χ1v) is 11.8. The van der Waals surface area contributed by atoms with Crippen LogP contribution >= 0.6 is 11.6 Å². The molecular weight excluding hydrogens is 516 g/mol. The Morgan fingerprint density at radius 1 is 0.368 bits per heavy atom. The minimum atomic E-state index is -1.64. The lowest BCUT2D eigenvalue weighted by atomic mass is 9.80. The quantitative estimate of drug-likeness (QED) is 0.221. The van der Waals surface area contributed by atoms with Crippen molar-refractivity contribution in [1.82, 2.24) is 0 Å². The highest BCUT2D eigenvalue weighted by Gasteiger charge is 2.48. The van der Waals surface area contributed by atoms with Crippen LogP contribution in [-0.2, 0) is 4.87 Å². The number of alkyl halides is 1. The van der Waals surface area contributed by atoms with Crippen molar-refractivity contribution >= 4 is 11.6 Å². The minimum Gasteiger partial charge on any atom is -0.496 e. The van der Waals surface area contributed by atoms with Crippen molar-refractivity contribution in [2.45, 2.75) is 4.87 Å². The second-order valence-electron chi connectivity index (χ2n) is 7.88. The molecule has 0 saturated heterocycles. The number of hydrogen-bond donors (Lipinski definition) is 0. The molecule has 0 bridgehead atoms. The number of methoxy groups -OCH3 is 9. The molecule has 3 aromatic carbocycles. The molecule has 3 aromatic rings. The molecule has 10 heteroatoms. The molecule has 0 amide bonds. The lowest BCUT2D eigenvalue weighted by Crippen LogP contribution is -2.27. The van der Waals surface area contributed by atoms with E-state index in [1.54, 1.807) is 57.7 Å². The van der Waals surface area contributed by atoms with Gasteiger partial charge in [0.2, 0.25) is 0 Å². The fourth-order valence-corrected chi connectivity index (χ4v) is 4.97. The van der Waals surface area contributed by atoms with Crippen molar-refractivity contribution in [2.24, 2.45) is 0 Å². The van der Waals surface area contributed by atoms with Crippen molar-refractivity contribution in [3.8, 4) is 51.7 Å². The van der Waals surface area contributed by atoms with Crippen molar-refractivity contribution in [3.63, 3.8) is 0 Å². The lowest BCUT2D eigenvalue weighted by Gasteiger charge is -2.35. The Morgan fingerprint density at radius 3 is 0.684 bits per heavy atom. The van der Waals surface area contributed by atoms with Gasteiger partial charge in [0.05, 0.1) is 80.7 Å². The summed E-state index contributed by atoms with van der Waals surface area (Å²) in [6.45, 7) is 0. The summed E-state index contributed by atoms with van der Waals surface area (Å²) in [5, 5.41) is 0. The van der Waals surface area contributed by atoms with Crippen LogP contribution in [0.15, 0.2) is 36.4 Å². The van der Waals surface area contributed by atoms with Crippen LogP contribution in [0.3, 0.4) is 0 Å². The van der Waals surface area contributed by atoms with E-state index in [1.807, 2.05) is 0 Å². The zero-order valence-corrected chi connectivity index (χ0v) is 23.8. The zero-order valence-electron chi connectivity index (χ0n) is 23.0. The van der Waals surface area contributed by atoms with E-state index >= 15 is 0 Å². The Kier molecular flexibility index (Phi) is 9.17. The SMILES string of the molecule is COc1cc(OC)c(C(Cl)(c2c(OC)cc(OC)cc2OC)c2c(OC)cc(OC)cc2OC)c(OC)c1. The highest BCUT2D eigenvalue weighted by molar-refractivity contribution is 6.30. The van der Waals surface area contributed by atoms with Gasteiger partial charge < -0.3 is 42.6 Å². The summed E-state index contributed by atoms with van der Waals surface area (Å²) in [6.07, 6.45) is 0. The largest absolute Gasteiger partial charge is 0.496 e. The van der Waals surface area contributed by atoms with Crippen LogP contribution in [0, 0.1) is 0 Å². The molecule has 0 radical (unpaired) electrons. The van der Waals surface area contributed by atoms with Gasteiger partial charge in [-0.05, 0) is 0 Å². The van der Waals surface area contributed by atoms with Crippen LogP contribution in [0.4, 0.5) is 0 Å². The van der Waals surface area contributed by atoms with E-state index in [0.717, 1.165) is 0 Å². The third-order valence-electron chi connectivity index (χ3n) is 6.18. The van der Waals surface area contributed by atoms with Crippen molar-refractivity contribution in [3.05, 3.63) is 53.1 Å². The molecule has 0 N–H and O–H groups in total. The molecule has 0 saturated carbocycles. The number of benzene rings is 3. The Morgan fingerprint density at radius 2 is 0.553 bits per heavy atom. The molecule has 3 rings (SSSR count). The van der Waals surface area contributed by atoms with Gasteiger partial charge in [-0.25, -0.2) is 0 Å². The number of rotatable bonds is 12. The monoisotopic (exact) mass is 548 g/mol. The summed E-state index contributed by atoms with van der Waals surface area (Å²) in [6, 6.07) is 10.2. The van der Waals surface area contributed by atoms with Crippen molar-refractivity contribution < 1.29 is 42.6 Å². The van der Waals surface area contributed by atoms with E-state index in [4.69, 9.17) is 54.2 Å². The van der Waals surface area contributed by atoms with Crippen LogP contribution in [0.25, 0.3) is 0 Å². The molecule has 0 aromatic heterocycles. The zero-order chi connectivity index (χ0) is 28.0. The predicted molar refractivity (Wildman–Crippen MR) is 144 cm³/mol. The first-order chi connectivity index (χ1) is 18.3. The third kappa shape index (κ3) is 4.86. The molecule has 206 valence electrons. The topological polar surface area (TPSA) is 83.1 Å². The highest BCUT2D eigenvalue weighted by atomic mass is 35.5. The predicted octanol–water partition coefficient (Wildman–Crippen LogP) is 5.29. The Balaban J connectivity index is 2.68. The average Bonchev–Trinajstić information content (AvgIpc) is 2.97. The van der Waals surface area contributed by atoms with E-state index in [9.17, 15) is 0 Å². The lowest BCUT2D eigenvalue weighted by molar-refractivity contribution is 0.345. The van der Waals surface area contributed by atoms with Gasteiger partial charge in [-0.1, -0.05) is 0 Å². The maximum Gasteiger partial charge on any atom is 0.141 e. The average molecular weight is 549 g/mol. The Bertz CT molecular complexity index is 1050. The van der Waals surface area contributed by atoms with E-state index < -0.39 is 4.87 Å². The summed E-state index contributed by atoms with van der Waals surface area (Å²) in [4.78, 5) is -1.64. The van der Waals surface area contributed by atoms with Crippen LogP contribution in [0.1, 0.15) is 16.7 Å². The van der Waals surface area contributed by atoms with Gasteiger partial charge in [-0.2, -0.15) is 0 Å². The van der Waals surface area contributed by atoms with Crippen molar-refractivity contribution in [1.29, 1.82) is 0 Å². The van der Waals surface area contributed by atoms with Gasteiger partial charge in [0.15, 0.2) is 0 Å². The molecule has 38 heavy (non-hydrogen) atoms. The maximum atomic E-state index is 7.90. The van der Waals surface area contributed by atoms with E-state index in [1.165, 1.54) is 42.7 Å². The summed E-state index contributed by atoms with van der Waals surface area (Å²) >= 11 is 7.90. The molecular formula is C28H33ClO9. The van der Waals surface area contributed by atoms with Gasteiger partial charge in [-0.15, -0.1) is 11.6 Å². The summed E-state index contributed by atoms with van der Waals surface area (Å²) in [5.74, 6) is 3.74. The molecule has 0 fully saturated rings. The van der Waals surface area contributed by atoms with E-state index in [0.29, 0.717) is 68.4 Å². The van der Waals surface area contributed by atoms with E-state index in [-0.39, 0.29) is 0 Å². The number of ether oxygens (including phenoxy) is 9. The van der Waals surface area contributed by atoms with E-state index in [2.05, 4.69) is 0 Å². The number of hydrogen-bond acceptors (Lipinski definition) is 9. The summed E-state index contributed by atoms with van der Waals surface area (Å²) < 4.78 is 51.5. The maximum absolute atomic E-state index is 7.90.